The Labute approximate surface area is 265 Å². The quantitative estimate of drug-likeness (QED) is 0.437. The molecule has 2 saturated heterocycles. The molecule has 0 aliphatic carbocycles. The van der Waals surface area contributed by atoms with E-state index in [0.717, 1.165) is 24.2 Å². The Morgan fingerprint density at radius 1 is 1.00 bits per heavy atom. The molecule has 2 aromatic rings. The van der Waals surface area contributed by atoms with Crippen molar-refractivity contribution in [2.24, 2.45) is 0 Å². The van der Waals surface area contributed by atoms with Crippen molar-refractivity contribution < 1.29 is 29.0 Å². The van der Waals surface area contributed by atoms with Crippen LogP contribution in [0.2, 0.25) is 0 Å². The second-order valence-electron chi connectivity index (χ2n) is 12.0. The van der Waals surface area contributed by atoms with Crippen LogP contribution in [0.1, 0.15) is 53.6 Å². The third kappa shape index (κ3) is 7.85. The SMILES string of the molecule is COc1cc2cc(c1OC)CCCNC(=O)C[C@@H]1CC[C@H](CNC(=O)CC2)N1C(=O)c1cccnc1N1CCN(CCO)CC1. The van der Waals surface area contributed by atoms with Crippen LogP contribution in [-0.4, -0.2) is 116 Å². The first kappa shape index (κ1) is 32.5. The zero-order valence-corrected chi connectivity index (χ0v) is 26.4. The molecule has 4 heterocycles. The van der Waals surface area contributed by atoms with Gasteiger partial charge in [-0.3, -0.25) is 19.3 Å². The van der Waals surface area contributed by atoms with Crippen molar-refractivity contribution >= 4 is 23.5 Å². The van der Waals surface area contributed by atoms with Crippen molar-refractivity contribution in [2.75, 3.05) is 71.5 Å². The summed E-state index contributed by atoms with van der Waals surface area (Å²) in [5.74, 6) is 1.57. The molecule has 3 aliphatic heterocycles. The van der Waals surface area contributed by atoms with Gasteiger partial charge in [0.2, 0.25) is 11.8 Å². The van der Waals surface area contributed by atoms with Crippen LogP contribution in [0, 0.1) is 0 Å². The lowest BCUT2D eigenvalue weighted by Crippen LogP contribution is -2.50. The lowest BCUT2D eigenvalue weighted by Gasteiger charge is -2.37. The number of benzene rings is 1. The Morgan fingerprint density at radius 2 is 1.80 bits per heavy atom. The third-order valence-electron chi connectivity index (χ3n) is 9.12. The molecule has 2 atom stereocenters. The predicted molar refractivity (Wildman–Crippen MR) is 170 cm³/mol. The van der Waals surface area contributed by atoms with Crippen molar-refractivity contribution in [3.8, 4) is 11.5 Å². The second-order valence-corrected chi connectivity index (χ2v) is 12.0. The van der Waals surface area contributed by atoms with Crippen LogP contribution in [0.3, 0.4) is 0 Å². The molecule has 4 bridgehead atoms. The van der Waals surface area contributed by atoms with Gasteiger partial charge in [0, 0.05) is 76.9 Å². The highest BCUT2D eigenvalue weighted by Gasteiger charge is 2.39. The number of fused-ring (bicyclic) bond motifs is 4. The number of carbonyl (C=O) groups is 3. The molecule has 0 saturated carbocycles. The number of hydrogen-bond acceptors (Lipinski definition) is 9. The van der Waals surface area contributed by atoms with E-state index < -0.39 is 0 Å². The average molecular weight is 623 g/mol. The van der Waals surface area contributed by atoms with Gasteiger partial charge in [-0.25, -0.2) is 4.98 Å². The van der Waals surface area contributed by atoms with E-state index in [-0.39, 0.29) is 42.8 Å². The summed E-state index contributed by atoms with van der Waals surface area (Å²) in [7, 11) is 3.21. The second kappa shape index (κ2) is 15.4. The van der Waals surface area contributed by atoms with Gasteiger partial charge in [0.1, 0.15) is 5.82 Å². The van der Waals surface area contributed by atoms with Crippen molar-refractivity contribution in [1.82, 2.24) is 25.4 Å². The number of aryl methyl sites for hydroxylation is 2. The maximum Gasteiger partial charge on any atom is 0.258 e. The summed E-state index contributed by atoms with van der Waals surface area (Å²) >= 11 is 0. The first-order valence-electron chi connectivity index (χ1n) is 16.0. The van der Waals surface area contributed by atoms with Gasteiger partial charge in [-0.2, -0.15) is 0 Å². The summed E-state index contributed by atoms with van der Waals surface area (Å²) in [6, 6.07) is 7.01. The monoisotopic (exact) mass is 622 g/mol. The lowest BCUT2D eigenvalue weighted by atomic mass is 10.0. The molecule has 5 rings (SSSR count). The molecular formula is C33H46N6O6. The summed E-state index contributed by atoms with van der Waals surface area (Å²) in [5.41, 5.74) is 2.46. The van der Waals surface area contributed by atoms with Crippen molar-refractivity contribution in [3.63, 3.8) is 0 Å². The van der Waals surface area contributed by atoms with Crippen LogP contribution in [0.25, 0.3) is 0 Å². The van der Waals surface area contributed by atoms with E-state index in [1.807, 2.05) is 17.0 Å². The molecule has 0 radical (unpaired) electrons. The predicted octanol–water partition coefficient (Wildman–Crippen LogP) is 1.39. The first-order valence-corrected chi connectivity index (χ1v) is 16.0. The zero-order valence-electron chi connectivity index (χ0n) is 26.4. The Balaban J connectivity index is 1.35. The number of aromatic nitrogens is 1. The third-order valence-corrected chi connectivity index (χ3v) is 9.12. The molecule has 0 spiro atoms. The molecular weight excluding hydrogens is 576 g/mol. The van der Waals surface area contributed by atoms with Crippen LogP contribution in [-0.2, 0) is 22.4 Å². The van der Waals surface area contributed by atoms with E-state index in [0.29, 0.717) is 94.1 Å². The minimum absolute atomic E-state index is 0.0907. The number of hydrogen-bond donors (Lipinski definition) is 3. The number of methoxy groups -OCH3 is 2. The van der Waals surface area contributed by atoms with E-state index in [2.05, 4.69) is 31.5 Å². The van der Waals surface area contributed by atoms with Gasteiger partial charge in [-0.1, -0.05) is 6.07 Å². The van der Waals surface area contributed by atoms with Gasteiger partial charge in [0.25, 0.3) is 5.91 Å². The Kier molecular flexibility index (Phi) is 11.1. The van der Waals surface area contributed by atoms with Crippen LogP contribution in [0.5, 0.6) is 11.5 Å². The van der Waals surface area contributed by atoms with Crippen molar-refractivity contribution in [3.05, 3.63) is 47.2 Å². The fourth-order valence-electron chi connectivity index (χ4n) is 6.78. The summed E-state index contributed by atoms with van der Waals surface area (Å²) in [5, 5.41) is 15.4. The van der Waals surface area contributed by atoms with Crippen LogP contribution >= 0.6 is 0 Å². The molecule has 1 aromatic heterocycles. The van der Waals surface area contributed by atoms with Crippen molar-refractivity contribution in [2.45, 2.75) is 57.0 Å². The minimum Gasteiger partial charge on any atom is -0.493 e. The van der Waals surface area contributed by atoms with Gasteiger partial charge in [0.05, 0.1) is 26.4 Å². The summed E-state index contributed by atoms with van der Waals surface area (Å²) in [4.78, 5) is 51.3. The fraction of sp³-hybridized carbons (Fsp3) is 0.576. The number of amides is 3. The normalized spacial score (nSPS) is 21.9. The number of β-amino-alcohol motifs (C(OH)–C–C–N with tert-alkyl or cyclic N) is 1. The number of ether oxygens (including phenoxy) is 2. The van der Waals surface area contributed by atoms with Gasteiger partial charge >= 0.3 is 0 Å². The minimum atomic E-state index is -0.288. The molecule has 12 heteroatoms. The van der Waals surface area contributed by atoms with E-state index in [1.165, 1.54) is 0 Å². The van der Waals surface area contributed by atoms with Gasteiger partial charge in [0.15, 0.2) is 11.5 Å². The summed E-state index contributed by atoms with van der Waals surface area (Å²) < 4.78 is 11.2. The van der Waals surface area contributed by atoms with Gasteiger partial charge in [-0.15, -0.1) is 0 Å². The van der Waals surface area contributed by atoms with Crippen molar-refractivity contribution in [1.29, 1.82) is 0 Å². The van der Waals surface area contributed by atoms with Gasteiger partial charge in [-0.05, 0) is 61.4 Å². The number of aliphatic hydroxyl groups excluding tert-OH is 1. The standard InChI is InChI=1S/C33H46N6O6/c1-44-28-20-23-7-10-29(41)36-22-26-9-8-25(21-30(42)34-11-3-5-24(19-23)31(28)45-2)39(26)33(43)27-6-4-12-35-32(27)38-15-13-37(14-16-38)17-18-40/h4,6,12,19-20,25-26,40H,3,5,7-11,13-18,21-22H2,1-2H3,(H,34,42)(H,36,41)/t25-,26+/m0/s1. The average Bonchev–Trinajstić information content (AvgIpc) is 3.46. The molecule has 3 aliphatic rings. The number of aliphatic hydroxyl groups is 1. The molecule has 244 valence electrons. The molecule has 1 aromatic carbocycles. The number of piperazine rings is 1. The van der Waals surface area contributed by atoms with Crippen LogP contribution in [0.15, 0.2) is 30.5 Å². The molecule has 2 fully saturated rings. The molecule has 3 amide bonds. The number of nitrogens with zero attached hydrogens (tertiary/aromatic N) is 4. The number of nitrogens with one attached hydrogen (secondary N) is 2. The molecule has 3 N–H and O–H groups in total. The van der Waals surface area contributed by atoms with Crippen LogP contribution < -0.4 is 25.0 Å². The van der Waals surface area contributed by atoms with E-state index in [4.69, 9.17) is 9.47 Å². The fourth-order valence-corrected chi connectivity index (χ4v) is 6.78. The smallest absolute Gasteiger partial charge is 0.258 e. The first-order chi connectivity index (χ1) is 21.9. The zero-order chi connectivity index (χ0) is 31.8. The van der Waals surface area contributed by atoms with E-state index in [9.17, 15) is 19.5 Å². The molecule has 45 heavy (non-hydrogen) atoms. The molecule has 0 unspecified atom stereocenters. The highest BCUT2D eigenvalue weighted by Crippen LogP contribution is 2.34. The largest absolute Gasteiger partial charge is 0.493 e. The Hall–Kier alpha value is -3.90. The molecule has 12 nitrogen and oxygen atoms in total. The maximum atomic E-state index is 14.3. The Bertz CT molecular complexity index is 1350. The maximum absolute atomic E-state index is 14.3. The number of pyridine rings is 1. The Morgan fingerprint density at radius 3 is 2.56 bits per heavy atom. The number of anilines is 1. The lowest BCUT2D eigenvalue weighted by molar-refractivity contribution is -0.123. The number of carbonyl (C=O) groups excluding carboxylic acids is 3. The summed E-state index contributed by atoms with van der Waals surface area (Å²) in [6.45, 7) is 4.49. The van der Waals surface area contributed by atoms with Gasteiger partial charge < -0.3 is 35.0 Å². The topological polar surface area (TPSA) is 137 Å². The summed E-state index contributed by atoms with van der Waals surface area (Å²) in [6.07, 6.45) is 5.48. The van der Waals surface area contributed by atoms with Crippen LogP contribution in [0.4, 0.5) is 5.82 Å². The number of rotatable bonds is 6. The highest BCUT2D eigenvalue weighted by atomic mass is 16.5. The van der Waals surface area contributed by atoms with E-state index >= 15 is 0 Å². The van der Waals surface area contributed by atoms with E-state index in [1.54, 1.807) is 26.5 Å². The highest BCUT2D eigenvalue weighted by molar-refractivity contribution is 5.99.